The number of aromatic nitrogens is 1. The Balaban J connectivity index is 1.25. The summed E-state index contributed by atoms with van der Waals surface area (Å²) in [5, 5.41) is 9.67. The summed E-state index contributed by atoms with van der Waals surface area (Å²) in [6.07, 6.45) is 5.03. The van der Waals surface area contributed by atoms with E-state index in [2.05, 4.69) is 20.9 Å². The molecule has 2 aliphatic rings. The monoisotopic (exact) mass is 675 g/mol. The molecular formula is C40H45N5O5. The number of hydrogen-bond donors (Lipinski definition) is 3. The van der Waals surface area contributed by atoms with Crippen LogP contribution in [0.4, 0.5) is 0 Å². The van der Waals surface area contributed by atoms with Gasteiger partial charge in [0.2, 0.25) is 23.6 Å². The zero-order valence-electron chi connectivity index (χ0n) is 28.5. The van der Waals surface area contributed by atoms with Gasteiger partial charge in [0.1, 0.15) is 17.8 Å². The number of rotatable bonds is 6. The van der Waals surface area contributed by atoms with E-state index in [0.29, 0.717) is 32.5 Å². The molecule has 1 saturated heterocycles. The minimum absolute atomic E-state index is 0.0188. The summed E-state index contributed by atoms with van der Waals surface area (Å²) in [7, 11) is 0. The molecule has 10 nitrogen and oxygen atoms in total. The fraction of sp³-hybridized carbons (Fsp3) is 0.375. The summed E-state index contributed by atoms with van der Waals surface area (Å²) in [4.78, 5) is 61.1. The van der Waals surface area contributed by atoms with E-state index in [1.165, 1.54) is 0 Å². The number of nitrogens with one attached hydrogen (secondary N) is 3. The zero-order chi connectivity index (χ0) is 34.9. The van der Waals surface area contributed by atoms with Crippen LogP contribution in [0.2, 0.25) is 0 Å². The van der Waals surface area contributed by atoms with Crippen LogP contribution in [0.3, 0.4) is 0 Å². The number of nitrogens with zero attached hydrogens (tertiary/aromatic N) is 2. The number of benzene rings is 3. The number of hydrogen-bond acceptors (Lipinski definition) is 6. The second-order valence-corrected chi connectivity index (χ2v) is 13.4. The molecule has 260 valence electrons. The highest BCUT2D eigenvalue weighted by Gasteiger charge is 2.32. The topological polar surface area (TPSA) is 130 Å². The Kier molecular flexibility index (Phi) is 11.4. The lowest BCUT2D eigenvalue weighted by Crippen LogP contribution is -2.55. The van der Waals surface area contributed by atoms with E-state index in [0.717, 1.165) is 58.2 Å². The van der Waals surface area contributed by atoms with Crippen molar-refractivity contribution in [2.24, 2.45) is 5.92 Å². The second-order valence-electron chi connectivity index (χ2n) is 13.4. The highest BCUT2D eigenvalue weighted by atomic mass is 16.5. The first-order valence-electron chi connectivity index (χ1n) is 17.6. The van der Waals surface area contributed by atoms with Gasteiger partial charge in [-0.1, -0.05) is 48.5 Å². The van der Waals surface area contributed by atoms with Crippen molar-refractivity contribution in [3.05, 3.63) is 107 Å². The number of amides is 4. The van der Waals surface area contributed by atoms with Crippen LogP contribution in [0.15, 0.2) is 85.1 Å². The Morgan fingerprint density at radius 3 is 2.68 bits per heavy atom. The van der Waals surface area contributed by atoms with Crippen LogP contribution in [-0.4, -0.2) is 65.3 Å². The lowest BCUT2D eigenvalue weighted by atomic mass is 9.94. The van der Waals surface area contributed by atoms with Crippen molar-refractivity contribution in [2.45, 2.75) is 70.5 Å². The summed E-state index contributed by atoms with van der Waals surface area (Å²) >= 11 is 0. The van der Waals surface area contributed by atoms with E-state index < -0.39 is 23.9 Å². The fourth-order valence-electron chi connectivity index (χ4n) is 6.78. The molecule has 3 aromatic carbocycles. The molecule has 4 amide bonds. The van der Waals surface area contributed by atoms with Crippen molar-refractivity contribution in [3.8, 4) is 5.75 Å². The van der Waals surface area contributed by atoms with E-state index in [9.17, 15) is 19.2 Å². The number of fused-ring (bicyclic) bond motifs is 5. The van der Waals surface area contributed by atoms with Gasteiger partial charge in [0.25, 0.3) is 0 Å². The molecule has 1 unspecified atom stereocenters. The van der Waals surface area contributed by atoms with Crippen molar-refractivity contribution in [1.29, 1.82) is 0 Å². The van der Waals surface area contributed by atoms with Crippen LogP contribution in [-0.2, 0) is 38.6 Å². The molecule has 3 atom stereocenters. The van der Waals surface area contributed by atoms with E-state index >= 15 is 0 Å². The van der Waals surface area contributed by atoms with Crippen LogP contribution in [0.5, 0.6) is 5.75 Å². The molecule has 1 aromatic heterocycles. The molecule has 4 aromatic rings. The predicted octanol–water partition coefficient (Wildman–Crippen LogP) is 4.42. The maximum absolute atomic E-state index is 14.1. The van der Waals surface area contributed by atoms with E-state index in [1.54, 1.807) is 11.1 Å². The third-order valence-corrected chi connectivity index (χ3v) is 9.70. The summed E-state index contributed by atoms with van der Waals surface area (Å²) in [5.41, 5.74) is 4.55. The normalized spacial score (nSPS) is 20.5. The molecule has 6 rings (SSSR count). The van der Waals surface area contributed by atoms with Crippen LogP contribution in [0.25, 0.3) is 10.9 Å². The molecule has 2 aliphatic heterocycles. The Morgan fingerprint density at radius 1 is 0.960 bits per heavy atom. The van der Waals surface area contributed by atoms with Crippen molar-refractivity contribution >= 4 is 34.5 Å². The van der Waals surface area contributed by atoms with Crippen LogP contribution >= 0.6 is 0 Å². The minimum atomic E-state index is -1.16. The van der Waals surface area contributed by atoms with Crippen LogP contribution in [0.1, 0.15) is 54.4 Å². The molecule has 3 N–H and O–H groups in total. The number of carbonyl (C=O) groups is 4. The molecule has 4 bridgehead atoms. The third kappa shape index (κ3) is 9.25. The van der Waals surface area contributed by atoms with Gasteiger partial charge < -0.3 is 25.6 Å². The molecule has 0 aliphatic carbocycles. The molecule has 0 spiro atoms. The van der Waals surface area contributed by atoms with E-state index in [4.69, 9.17) is 4.74 Å². The van der Waals surface area contributed by atoms with Crippen LogP contribution < -0.4 is 20.7 Å². The summed E-state index contributed by atoms with van der Waals surface area (Å²) < 4.78 is 6.12. The Labute approximate surface area is 293 Å². The number of carbonyl (C=O) groups excluding carboxylic acids is 4. The summed E-state index contributed by atoms with van der Waals surface area (Å²) in [6.45, 7) is 3.91. The van der Waals surface area contributed by atoms with Gasteiger partial charge in [0.15, 0.2) is 0 Å². The van der Waals surface area contributed by atoms with E-state index in [-0.39, 0.29) is 37.1 Å². The van der Waals surface area contributed by atoms with Crippen molar-refractivity contribution in [1.82, 2.24) is 25.8 Å². The first kappa shape index (κ1) is 34.6. The fourth-order valence-corrected chi connectivity index (χ4v) is 6.78. The summed E-state index contributed by atoms with van der Waals surface area (Å²) in [6, 6.07) is 22.9. The van der Waals surface area contributed by atoms with Crippen LogP contribution in [0, 0.1) is 12.8 Å². The van der Waals surface area contributed by atoms with E-state index in [1.807, 2.05) is 85.8 Å². The highest BCUT2D eigenvalue weighted by Crippen LogP contribution is 2.23. The lowest BCUT2D eigenvalue weighted by Gasteiger charge is -2.34. The Morgan fingerprint density at radius 2 is 1.82 bits per heavy atom. The van der Waals surface area contributed by atoms with Gasteiger partial charge in [0.05, 0.1) is 25.0 Å². The van der Waals surface area contributed by atoms with Crippen molar-refractivity contribution in [3.63, 3.8) is 0 Å². The zero-order valence-corrected chi connectivity index (χ0v) is 28.5. The first-order chi connectivity index (χ1) is 24.3. The molecule has 1 fully saturated rings. The number of pyridine rings is 1. The summed E-state index contributed by atoms with van der Waals surface area (Å²) in [5.74, 6) is -0.509. The standard InChI is InChI=1S/C40H45N5O5/c1-27-11-14-33-23-32(27)25-42-39(48)35(16-12-28-7-3-2-4-8-28)44-40(49)36(24-38(47)45-19-6-9-29(26-45)17-20-50-33)43-37(46)22-30-13-15-34-31(21-30)10-5-18-41-34/h2-5,7-8,10-11,13-15,18,21,23,29,35-36H,6,9,12,16-17,19-20,22,24-26H2,1H3,(H,42,48)(H,43,46)(H,44,49)/t29?,35-,36-/m0/s1. The predicted molar refractivity (Wildman–Crippen MR) is 191 cm³/mol. The van der Waals surface area contributed by atoms with Gasteiger partial charge in [0, 0.05) is 31.2 Å². The van der Waals surface area contributed by atoms with Gasteiger partial charge in [-0.2, -0.15) is 0 Å². The largest absolute Gasteiger partial charge is 0.494 e. The highest BCUT2D eigenvalue weighted by molar-refractivity contribution is 5.95. The van der Waals surface area contributed by atoms with Gasteiger partial charge >= 0.3 is 0 Å². The Hall–Kier alpha value is -5.25. The smallest absolute Gasteiger partial charge is 0.243 e. The third-order valence-electron chi connectivity index (χ3n) is 9.70. The second kappa shape index (κ2) is 16.4. The maximum atomic E-state index is 14.1. The molecule has 3 heterocycles. The molecule has 50 heavy (non-hydrogen) atoms. The quantitative estimate of drug-likeness (QED) is 0.278. The minimum Gasteiger partial charge on any atom is -0.494 e. The van der Waals surface area contributed by atoms with Gasteiger partial charge in [-0.15, -0.1) is 0 Å². The van der Waals surface area contributed by atoms with Gasteiger partial charge in [-0.3, -0.25) is 24.2 Å². The first-order valence-corrected chi connectivity index (χ1v) is 17.6. The number of ether oxygens (including phenoxy) is 1. The molecule has 10 heteroatoms. The van der Waals surface area contributed by atoms with Crippen molar-refractivity contribution in [2.75, 3.05) is 19.7 Å². The van der Waals surface area contributed by atoms with Gasteiger partial charge in [-0.25, -0.2) is 0 Å². The van der Waals surface area contributed by atoms with Crippen molar-refractivity contribution < 1.29 is 23.9 Å². The average Bonchev–Trinajstić information content (AvgIpc) is 3.13. The Bertz CT molecular complexity index is 1830. The number of piperidine rings is 1. The maximum Gasteiger partial charge on any atom is 0.243 e. The van der Waals surface area contributed by atoms with Gasteiger partial charge in [-0.05, 0) is 97.5 Å². The molecular weight excluding hydrogens is 630 g/mol. The molecule has 0 radical (unpaired) electrons. The SMILES string of the molecule is Cc1ccc2cc1CNC(=O)[C@H](CCc1ccccc1)NC(=O)[C@@H](NC(=O)Cc1ccc3ncccc3c1)CC(=O)N1CCCC(CCO2)C1. The lowest BCUT2D eigenvalue weighted by molar-refractivity contribution is -0.138. The molecule has 0 saturated carbocycles. The number of aryl methyl sites for hydroxylation is 2. The average molecular weight is 676 g/mol.